The lowest BCUT2D eigenvalue weighted by atomic mass is 10.0. The normalized spacial score (nSPS) is 16.0. The van der Waals surface area contributed by atoms with E-state index in [0.717, 1.165) is 18.6 Å². The Balaban J connectivity index is 0.00000288. The van der Waals surface area contributed by atoms with Crippen molar-refractivity contribution in [3.63, 3.8) is 0 Å². The van der Waals surface area contributed by atoms with E-state index in [1.54, 1.807) is 19.1 Å². The van der Waals surface area contributed by atoms with E-state index in [1.807, 2.05) is 24.0 Å². The Morgan fingerprint density at radius 2 is 1.88 bits per heavy atom. The monoisotopic (exact) mass is 355 g/mol. The van der Waals surface area contributed by atoms with Gasteiger partial charge in [0.2, 0.25) is 5.91 Å². The van der Waals surface area contributed by atoms with Crippen LogP contribution in [0, 0.1) is 0 Å². The SMILES string of the molecule is CCOc1ccc(C(=O)N2CCC(NC(=O)[C@@H](C)N)CC2)cc1.Cl. The molecule has 1 fully saturated rings. The highest BCUT2D eigenvalue weighted by molar-refractivity contribution is 5.94. The Morgan fingerprint density at radius 3 is 2.38 bits per heavy atom. The Hall–Kier alpha value is -1.79. The first-order valence-corrected chi connectivity index (χ1v) is 8.09. The van der Waals surface area contributed by atoms with Gasteiger partial charge >= 0.3 is 0 Å². The molecule has 1 aliphatic rings. The number of hydrogen-bond donors (Lipinski definition) is 2. The lowest BCUT2D eigenvalue weighted by Gasteiger charge is -2.32. The van der Waals surface area contributed by atoms with Crippen LogP contribution in [0.25, 0.3) is 0 Å². The summed E-state index contributed by atoms with van der Waals surface area (Å²) < 4.78 is 5.38. The third-order valence-electron chi connectivity index (χ3n) is 3.95. The third-order valence-corrected chi connectivity index (χ3v) is 3.95. The van der Waals surface area contributed by atoms with Gasteiger partial charge in [-0.2, -0.15) is 0 Å². The van der Waals surface area contributed by atoms with Crippen molar-refractivity contribution < 1.29 is 14.3 Å². The van der Waals surface area contributed by atoms with Crippen molar-refractivity contribution in [3.05, 3.63) is 29.8 Å². The van der Waals surface area contributed by atoms with E-state index in [-0.39, 0.29) is 30.3 Å². The molecule has 0 spiro atoms. The summed E-state index contributed by atoms with van der Waals surface area (Å²) in [5.41, 5.74) is 6.21. The largest absolute Gasteiger partial charge is 0.494 e. The number of amides is 2. The molecular weight excluding hydrogens is 330 g/mol. The number of halogens is 1. The fraction of sp³-hybridized carbons (Fsp3) is 0.529. The molecular formula is C17H26ClN3O3. The standard InChI is InChI=1S/C17H25N3O3.ClH/c1-3-23-15-6-4-13(5-7-15)17(22)20-10-8-14(9-11-20)19-16(21)12(2)18;/h4-7,12,14H,3,8-11,18H2,1-2H3,(H,19,21);1H/t12-;/m1./s1. The maximum Gasteiger partial charge on any atom is 0.253 e. The maximum absolute atomic E-state index is 12.5. The van der Waals surface area contributed by atoms with Crippen LogP contribution in [-0.4, -0.2) is 48.5 Å². The highest BCUT2D eigenvalue weighted by Gasteiger charge is 2.25. The zero-order chi connectivity index (χ0) is 16.8. The predicted octanol–water partition coefficient (Wildman–Crippen LogP) is 1.58. The number of nitrogens with zero attached hydrogens (tertiary/aromatic N) is 1. The van der Waals surface area contributed by atoms with Gasteiger partial charge in [0.05, 0.1) is 12.6 Å². The summed E-state index contributed by atoms with van der Waals surface area (Å²) in [5, 5.41) is 2.92. The lowest BCUT2D eigenvalue weighted by Crippen LogP contribution is -2.49. The molecule has 134 valence electrons. The Labute approximate surface area is 149 Å². The van der Waals surface area contributed by atoms with Gasteiger partial charge in [-0.15, -0.1) is 12.4 Å². The van der Waals surface area contributed by atoms with E-state index in [1.165, 1.54) is 0 Å². The van der Waals surface area contributed by atoms with Crippen molar-refractivity contribution in [1.29, 1.82) is 0 Å². The molecule has 0 unspecified atom stereocenters. The predicted molar refractivity (Wildman–Crippen MR) is 95.6 cm³/mol. The van der Waals surface area contributed by atoms with Crippen molar-refractivity contribution in [1.82, 2.24) is 10.2 Å². The van der Waals surface area contributed by atoms with Crippen LogP contribution in [0.5, 0.6) is 5.75 Å². The summed E-state index contributed by atoms with van der Waals surface area (Å²) in [7, 11) is 0. The maximum atomic E-state index is 12.5. The second kappa shape index (κ2) is 9.49. The molecule has 1 saturated heterocycles. The molecule has 2 amide bonds. The van der Waals surface area contributed by atoms with E-state index in [4.69, 9.17) is 10.5 Å². The fourth-order valence-electron chi connectivity index (χ4n) is 2.60. The van der Waals surface area contributed by atoms with Crippen molar-refractivity contribution in [3.8, 4) is 5.75 Å². The highest BCUT2D eigenvalue weighted by Crippen LogP contribution is 2.17. The van der Waals surface area contributed by atoms with E-state index in [9.17, 15) is 9.59 Å². The van der Waals surface area contributed by atoms with Crippen LogP contribution in [0.4, 0.5) is 0 Å². The van der Waals surface area contributed by atoms with Crippen molar-refractivity contribution in [2.75, 3.05) is 19.7 Å². The van der Waals surface area contributed by atoms with Crippen molar-refractivity contribution in [2.24, 2.45) is 5.73 Å². The van der Waals surface area contributed by atoms with E-state index < -0.39 is 6.04 Å². The van der Waals surface area contributed by atoms with Gasteiger partial charge in [-0.1, -0.05) is 0 Å². The Morgan fingerprint density at radius 1 is 1.29 bits per heavy atom. The molecule has 1 aromatic rings. The van der Waals surface area contributed by atoms with Gasteiger partial charge in [0.1, 0.15) is 5.75 Å². The molecule has 6 nitrogen and oxygen atoms in total. The van der Waals surface area contributed by atoms with Gasteiger partial charge < -0.3 is 20.7 Å². The second-order valence-corrected chi connectivity index (χ2v) is 5.82. The molecule has 3 N–H and O–H groups in total. The van der Waals surface area contributed by atoms with Gasteiger partial charge in [0, 0.05) is 24.7 Å². The Bertz CT molecular complexity index is 541. The van der Waals surface area contributed by atoms with Gasteiger partial charge in [0.25, 0.3) is 5.91 Å². The fourth-order valence-corrected chi connectivity index (χ4v) is 2.60. The molecule has 0 aliphatic carbocycles. The van der Waals surface area contributed by atoms with Crippen LogP contribution < -0.4 is 15.8 Å². The van der Waals surface area contributed by atoms with Gasteiger partial charge in [0.15, 0.2) is 0 Å². The van der Waals surface area contributed by atoms with Crippen LogP contribution in [0.3, 0.4) is 0 Å². The van der Waals surface area contributed by atoms with Crippen LogP contribution >= 0.6 is 12.4 Å². The third kappa shape index (κ3) is 5.39. The molecule has 0 saturated carbocycles. The first-order valence-electron chi connectivity index (χ1n) is 8.09. The number of likely N-dealkylation sites (tertiary alicyclic amines) is 1. The van der Waals surface area contributed by atoms with E-state index in [2.05, 4.69) is 5.32 Å². The molecule has 7 heteroatoms. The second-order valence-electron chi connectivity index (χ2n) is 5.82. The molecule has 1 aromatic carbocycles. The summed E-state index contributed by atoms with van der Waals surface area (Å²) in [6, 6.07) is 6.80. The number of hydrogen-bond acceptors (Lipinski definition) is 4. The number of carbonyl (C=O) groups is 2. The molecule has 0 radical (unpaired) electrons. The topological polar surface area (TPSA) is 84.7 Å². The number of rotatable bonds is 5. The zero-order valence-electron chi connectivity index (χ0n) is 14.2. The van der Waals surface area contributed by atoms with Crippen LogP contribution in [0.1, 0.15) is 37.0 Å². The molecule has 1 atom stereocenters. The summed E-state index contributed by atoms with van der Waals surface area (Å²) in [6.45, 7) is 5.47. The van der Waals surface area contributed by atoms with Gasteiger partial charge in [-0.3, -0.25) is 9.59 Å². The number of ether oxygens (including phenoxy) is 1. The van der Waals surface area contributed by atoms with Gasteiger partial charge in [-0.05, 0) is 51.0 Å². The zero-order valence-corrected chi connectivity index (χ0v) is 15.0. The summed E-state index contributed by atoms with van der Waals surface area (Å²) in [6.07, 6.45) is 1.50. The van der Waals surface area contributed by atoms with Crippen LogP contribution in [0.2, 0.25) is 0 Å². The van der Waals surface area contributed by atoms with Crippen LogP contribution in [0.15, 0.2) is 24.3 Å². The smallest absolute Gasteiger partial charge is 0.253 e. The minimum Gasteiger partial charge on any atom is -0.494 e. The number of piperidine rings is 1. The number of carbonyl (C=O) groups excluding carboxylic acids is 2. The number of nitrogens with two attached hydrogens (primary N) is 1. The lowest BCUT2D eigenvalue weighted by molar-refractivity contribution is -0.122. The number of nitrogens with one attached hydrogen (secondary N) is 1. The van der Waals surface area contributed by atoms with Crippen LogP contribution in [-0.2, 0) is 4.79 Å². The quantitative estimate of drug-likeness (QED) is 0.839. The Kier molecular flexibility index (Phi) is 8.01. The summed E-state index contributed by atoms with van der Waals surface area (Å²) >= 11 is 0. The summed E-state index contributed by atoms with van der Waals surface area (Å²) in [4.78, 5) is 25.9. The van der Waals surface area contributed by atoms with Crippen molar-refractivity contribution >= 4 is 24.2 Å². The van der Waals surface area contributed by atoms with E-state index in [0.29, 0.717) is 25.3 Å². The molecule has 2 rings (SSSR count). The first-order chi connectivity index (χ1) is 11.0. The summed E-state index contributed by atoms with van der Waals surface area (Å²) in [5.74, 6) is 0.646. The average Bonchev–Trinajstić information content (AvgIpc) is 2.56. The molecule has 0 aromatic heterocycles. The number of benzene rings is 1. The molecule has 0 bridgehead atoms. The van der Waals surface area contributed by atoms with E-state index >= 15 is 0 Å². The van der Waals surface area contributed by atoms with Crippen molar-refractivity contribution in [2.45, 2.75) is 38.8 Å². The first kappa shape index (κ1) is 20.3. The minimum absolute atomic E-state index is 0. The molecule has 24 heavy (non-hydrogen) atoms. The molecule has 1 heterocycles. The van der Waals surface area contributed by atoms with Gasteiger partial charge in [-0.25, -0.2) is 0 Å². The highest BCUT2D eigenvalue weighted by atomic mass is 35.5. The average molecular weight is 356 g/mol. The minimum atomic E-state index is -0.501. The molecule has 1 aliphatic heterocycles.